The molecule has 0 aliphatic heterocycles. The van der Waals surface area contributed by atoms with Gasteiger partial charge >= 0.3 is 5.97 Å². The molecule has 88 valence electrons. The topological polar surface area (TPSA) is 58.6 Å². The molecular weight excluding hydrogens is 194 g/mol. The fraction of sp³-hybridized carbons (Fsp3) is 0.909. The van der Waals surface area contributed by atoms with Crippen LogP contribution < -0.4 is 5.32 Å². The monoisotopic (exact) mass is 215 g/mol. The van der Waals surface area contributed by atoms with E-state index in [9.17, 15) is 4.79 Å². The zero-order valence-electron chi connectivity index (χ0n) is 9.75. The highest BCUT2D eigenvalue weighted by Crippen LogP contribution is 2.32. The van der Waals surface area contributed by atoms with Gasteiger partial charge in [0.1, 0.15) is 6.04 Å². The summed E-state index contributed by atoms with van der Waals surface area (Å²) in [5, 5.41) is 12.0. The summed E-state index contributed by atoms with van der Waals surface area (Å²) in [5.74, 6) is -0.412. The molecule has 1 saturated carbocycles. The summed E-state index contributed by atoms with van der Waals surface area (Å²) >= 11 is 0. The number of rotatable bonds is 6. The summed E-state index contributed by atoms with van der Waals surface area (Å²) < 4.78 is 5.50. The van der Waals surface area contributed by atoms with Crippen LogP contribution in [0.4, 0.5) is 0 Å². The molecule has 1 aliphatic rings. The Hall–Kier alpha value is -0.610. The lowest BCUT2D eigenvalue weighted by molar-refractivity contribution is -0.140. The average molecular weight is 215 g/mol. The summed E-state index contributed by atoms with van der Waals surface area (Å²) in [5.41, 5.74) is -0.153. The second-order valence-electron chi connectivity index (χ2n) is 5.07. The van der Waals surface area contributed by atoms with Gasteiger partial charge < -0.3 is 15.2 Å². The van der Waals surface area contributed by atoms with E-state index in [0.717, 1.165) is 12.8 Å². The van der Waals surface area contributed by atoms with Gasteiger partial charge in [-0.1, -0.05) is 0 Å². The van der Waals surface area contributed by atoms with E-state index in [1.165, 1.54) is 0 Å². The second kappa shape index (κ2) is 4.94. The van der Waals surface area contributed by atoms with Crippen LogP contribution in [0.15, 0.2) is 0 Å². The van der Waals surface area contributed by atoms with Crippen LogP contribution in [0.2, 0.25) is 0 Å². The SMILES string of the molecule is CC(C)(C)OCCNC(C(=O)O)C1CC1. The minimum absolute atomic E-state index is 0.153. The molecular formula is C11H21NO3. The van der Waals surface area contributed by atoms with Gasteiger partial charge in [-0.15, -0.1) is 0 Å². The molecule has 1 aliphatic carbocycles. The quantitative estimate of drug-likeness (QED) is 0.655. The van der Waals surface area contributed by atoms with Crippen LogP contribution in [-0.2, 0) is 9.53 Å². The summed E-state index contributed by atoms with van der Waals surface area (Å²) in [6.45, 7) is 7.12. The highest BCUT2D eigenvalue weighted by Gasteiger charge is 2.35. The number of ether oxygens (including phenoxy) is 1. The largest absolute Gasteiger partial charge is 0.480 e. The first kappa shape index (κ1) is 12.5. The summed E-state index contributed by atoms with van der Waals surface area (Å²) in [6, 6.07) is -0.381. The number of nitrogens with one attached hydrogen (secondary N) is 1. The summed E-state index contributed by atoms with van der Waals surface area (Å²) in [6.07, 6.45) is 2.06. The van der Waals surface area contributed by atoms with E-state index in [1.807, 2.05) is 20.8 Å². The highest BCUT2D eigenvalue weighted by atomic mass is 16.5. The van der Waals surface area contributed by atoms with Gasteiger partial charge in [0.2, 0.25) is 0 Å². The van der Waals surface area contributed by atoms with Crippen LogP contribution in [0, 0.1) is 5.92 Å². The van der Waals surface area contributed by atoms with Crippen molar-refractivity contribution in [1.82, 2.24) is 5.32 Å². The molecule has 0 aromatic heterocycles. The molecule has 1 unspecified atom stereocenters. The van der Waals surface area contributed by atoms with Crippen LogP contribution in [0.25, 0.3) is 0 Å². The van der Waals surface area contributed by atoms with Crippen molar-refractivity contribution in [2.75, 3.05) is 13.2 Å². The van der Waals surface area contributed by atoms with Crippen LogP contribution >= 0.6 is 0 Å². The van der Waals surface area contributed by atoms with Gasteiger partial charge in [-0.2, -0.15) is 0 Å². The first-order valence-corrected chi connectivity index (χ1v) is 5.50. The molecule has 1 fully saturated rings. The first-order valence-electron chi connectivity index (χ1n) is 5.50. The third-order valence-corrected chi connectivity index (χ3v) is 2.36. The van der Waals surface area contributed by atoms with Crippen molar-refractivity contribution in [3.8, 4) is 0 Å². The molecule has 0 radical (unpaired) electrons. The third kappa shape index (κ3) is 5.14. The zero-order chi connectivity index (χ0) is 11.5. The Balaban J connectivity index is 2.15. The molecule has 0 amide bonds. The fourth-order valence-corrected chi connectivity index (χ4v) is 1.46. The Labute approximate surface area is 91.0 Å². The number of aliphatic carboxylic acids is 1. The second-order valence-corrected chi connectivity index (χ2v) is 5.07. The summed E-state index contributed by atoms with van der Waals surface area (Å²) in [7, 11) is 0. The van der Waals surface area contributed by atoms with Crippen molar-refractivity contribution in [2.45, 2.75) is 45.3 Å². The minimum atomic E-state index is -0.742. The van der Waals surface area contributed by atoms with Gasteiger partial charge in [-0.3, -0.25) is 4.79 Å². The van der Waals surface area contributed by atoms with E-state index in [2.05, 4.69) is 5.32 Å². The molecule has 0 aromatic carbocycles. The maximum atomic E-state index is 10.9. The molecule has 0 saturated heterocycles. The van der Waals surface area contributed by atoms with Gasteiger partial charge in [0.15, 0.2) is 0 Å². The first-order chi connectivity index (χ1) is 6.90. The lowest BCUT2D eigenvalue weighted by Gasteiger charge is -2.20. The molecule has 0 aromatic rings. The Morgan fingerprint density at radius 3 is 2.53 bits per heavy atom. The predicted molar refractivity (Wildman–Crippen MR) is 57.9 cm³/mol. The maximum absolute atomic E-state index is 10.9. The lowest BCUT2D eigenvalue weighted by Crippen LogP contribution is -2.41. The minimum Gasteiger partial charge on any atom is -0.480 e. The van der Waals surface area contributed by atoms with Crippen LogP contribution in [0.1, 0.15) is 33.6 Å². The molecule has 4 heteroatoms. The molecule has 2 N–H and O–H groups in total. The van der Waals surface area contributed by atoms with Crippen molar-refractivity contribution in [1.29, 1.82) is 0 Å². The van der Waals surface area contributed by atoms with Crippen LogP contribution in [0.5, 0.6) is 0 Å². The number of hydrogen-bond acceptors (Lipinski definition) is 3. The molecule has 0 spiro atoms. The van der Waals surface area contributed by atoms with E-state index < -0.39 is 5.97 Å². The van der Waals surface area contributed by atoms with E-state index in [-0.39, 0.29) is 11.6 Å². The lowest BCUT2D eigenvalue weighted by atomic mass is 10.2. The van der Waals surface area contributed by atoms with Crippen molar-refractivity contribution >= 4 is 5.97 Å². The maximum Gasteiger partial charge on any atom is 0.320 e. The number of carboxylic acids is 1. The van der Waals surface area contributed by atoms with Crippen LogP contribution in [-0.4, -0.2) is 35.9 Å². The number of hydrogen-bond donors (Lipinski definition) is 2. The van der Waals surface area contributed by atoms with Crippen molar-refractivity contribution in [3.63, 3.8) is 0 Å². The van der Waals surface area contributed by atoms with Gasteiger partial charge in [-0.05, 0) is 39.5 Å². The third-order valence-electron chi connectivity index (χ3n) is 2.36. The zero-order valence-corrected chi connectivity index (χ0v) is 9.75. The molecule has 0 bridgehead atoms. The van der Waals surface area contributed by atoms with E-state index >= 15 is 0 Å². The van der Waals surface area contributed by atoms with E-state index in [4.69, 9.17) is 9.84 Å². The Bertz CT molecular complexity index is 218. The molecule has 15 heavy (non-hydrogen) atoms. The van der Waals surface area contributed by atoms with Gasteiger partial charge in [0.05, 0.1) is 12.2 Å². The van der Waals surface area contributed by atoms with Crippen molar-refractivity contribution < 1.29 is 14.6 Å². The molecule has 1 rings (SSSR count). The smallest absolute Gasteiger partial charge is 0.320 e. The van der Waals surface area contributed by atoms with E-state index in [0.29, 0.717) is 19.1 Å². The van der Waals surface area contributed by atoms with Crippen molar-refractivity contribution in [3.05, 3.63) is 0 Å². The predicted octanol–water partition coefficient (Wildman–Crippen LogP) is 1.25. The number of carboxylic acid groups (broad SMARTS) is 1. The molecule has 1 atom stereocenters. The molecule has 4 nitrogen and oxygen atoms in total. The van der Waals surface area contributed by atoms with Gasteiger partial charge in [0, 0.05) is 6.54 Å². The Morgan fingerprint density at radius 2 is 2.13 bits per heavy atom. The van der Waals surface area contributed by atoms with E-state index in [1.54, 1.807) is 0 Å². The average Bonchev–Trinajstić information content (AvgIpc) is 2.84. The van der Waals surface area contributed by atoms with Gasteiger partial charge in [-0.25, -0.2) is 0 Å². The number of carbonyl (C=O) groups is 1. The standard InChI is InChI=1S/C11H21NO3/c1-11(2,3)15-7-6-12-9(10(13)14)8-4-5-8/h8-9,12H,4-7H2,1-3H3,(H,13,14). The summed E-state index contributed by atoms with van der Waals surface area (Å²) in [4.78, 5) is 10.9. The van der Waals surface area contributed by atoms with Crippen LogP contribution in [0.3, 0.4) is 0 Å². The highest BCUT2D eigenvalue weighted by molar-refractivity contribution is 5.74. The fourth-order valence-electron chi connectivity index (χ4n) is 1.46. The Morgan fingerprint density at radius 1 is 1.53 bits per heavy atom. The Kier molecular flexibility index (Phi) is 4.11. The van der Waals surface area contributed by atoms with Crippen molar-refractivity contribution in [2.24, 2.45) is 5.92 Å². The normalized spacial score (nSPS) is 18.9. The molecule has 0 heterocycles. The van der Waals surface area contributed by atoms with Gasteiger partial charge in [0.25, 0.3) is 0 Å².